The molecule has 2 atom stereocenters. The highest BCUT2D eigenvalue weighted by atomic mass is 16.5. The van der Waals surface area contributed by atoms with Crippen molar-refractivity contribution < 1.29 is 9.47 Å². The SMILES string of the molecule is COCCc1ccc(C(N)C2CCCO2)cc1. The summed E-state index contributed by atoms with van der Waals surface area (Å²) in [7, 11) is 1.72. The van der Waals surface area contributed by atoms with E-state index in [-0.39, 0.29) is 12.1 Å². The molecule has 3 nitrogen and oxygen atoms in total. The van der Waals surface area contributed by atoms with Crippen LogP contribution in [-0.2, 0) is 15.9 Å². The van der Waals surface area contributed by atoms with Gasteiger partial charge in [0.05, 0.1) is 18.8 Å². The molecular formula is C14H21NO2. The van der Waals surface area contributed by atoms with Crippen LogP contribution in [0, 0.1) is 0 Å². The molecule has 0 saturated carbocycles. The second-order valence-corrected chi connectivity index (χ2v) is 4.56. The lowest BCUT2D eigenvalue weighted by atomic mass is 9.99. The predicted molar refractivity (Wildman–Crippen MR) is 67.9 cm³/mol. The van der Waals surface area contributed by atoms with E-state index in [1.807, 2.05) is 0 Å². The number of ether oxygens (including phenoxy) is 2. The molecule has 0 aliphatic carbocycles. The molecule has 1 heterocycles. The standard InChI is InChI=1S/C14H21NO2/c1-16-10-8-11-4-6-12(7-5-11)14(15)13-3-2-9-17-13/h4-7,13-14H,2-3,8-10,15H2,1H3. The lowest BCUT2D eigenvalue weighted by Crippen LogP contribution is -2.25. The lowest BCUT2D eigenvalue weighted by Gasteiger charge is -2.19. The Bertz CT molecular complexity index is 331. The highest BCUT2D eigenvalue weighted by molar-refractivity contribution is 5.25. The van der Waals surface area contributed by atoms with Gasteiger partial charge < -0.3 is 15.2 Å². The zero-order chi connectivity index (χ0) is 12.1. The predicted octanol–water partition coefficient (Wildman–Crippen LogP) is 2.05. The quantitative estimate of drug-likeness (QED) is 0.849. The summed E-state index contributed by atoms with van der Waals surface area (Å²) in [5.41, 5.74) is 8.65. The van der Waals surface area contributed by atoms with Crippen LogP contribution in [0.2, 0.25) is 0 Å². The molecule has 2 rings (SSSR count). The Balaban J connectivity index is 1.96. The lowest BCUT2D eigenvalue weighted by molar-refractivity contribution is 0.0900. The van der Waals surface area contributed by atoms with Crippen LogP contribution in [0.3, 0.4) is 0 Å². The van der Waals surface area contributed by atoms with Crippen LogP contribution in [0.15, 0.2) is 24.3 Å². The van der Waals surface area contributed by atoms with E-state index in [1.54, 1.807) is 7.11 Å². The van der Waals surface area contributed by atoms with Crippen molar-refractivity contribution in [2.24, 2.45) is 5.73 Å². The maximum Gasteiger partial charge on any atom is 0.0768 e. The second-order valence-electron chi connectivity index (χ2n) is 4.56. The summed E-state index contributed by atoms with van der Waals surface area (Å²) in [6.07, 6.45) is 3.35. The van der Waals surface area contributed by atoms with E-state index in [9.17, 15) is 0 Å². The molecule has 0 radical (unpaired) electrons. The maximum absolute atomic E-state index is 6.20. The molecule has 1 aromatic rings. The van der Waals surface area contributed by atoms with Crippen LogP contribution < -0.4 is 5.73 Å². The van der Waals surface area contributed by atoms with Gasteiger partial charge in [-0.2, -0.15) is 0 Å². The minimum absolute atomic E-state index is 0.00831. The van der Waals surface area contributed by atoms with Gasteiger partial charge in [-0.15, -0.1) is 0 Å². The van der Waals surface area contributed by atoms with E-state index in [1.165, 1.54) is 5.56 Å². The fraction of sp³-hybridized carbons (Fsp3) is 0.571. The van der Waals surface area contributed by atoms with Crippen molar-refractivity contribution >= 4 is 0 Å². The summed E-state index contributed by atoms with van der Waals surface area (Å²) < 4.78 is 10.7. The first-order valence-corrected chi connectivity index (χ1v) is 6.26. The minimum atomic E-state index is 0.00831. The summed E-state index contributed by atoms with van der Waals surface area (Å²) in [6.45, 7) is 1.61. The van der Waals surface area contributed by atoms with Gasteiger partial charge in [-0.25, -0.2) is 0 Å². The number of nitrogens with two attached hydrogens (primary N) is 1. The molecule has 2 unspecified atom stereocenters. The molecule has 17 heavy (non-hydrogen) atoms. The molecule has 0 spiro atoms. The molecule has 0 aromatic heterocycles. The zero-order valence-corrected chi connectivity index (χ0v) is 10.4. The van der Waals surface area contributed by atoms with Crippen molar-refractivity contribution in [1.29, 1.82) is 0 Å². The summed E-state index contributed by atoms with van der Waals surface area (Å²) >= 11 is 0. The van der Waals surface area contributed by atoms with Gasteiger partial charge in [-0.3, -0.25) is 0 Å². The smallest absolute Gasteiger partial charge is 0.0768 e. The van der Waals surface area contributed by atoms with E-state index in [0.29, 0.717) is 0 Å². The largest absolute Gasteiger partial charge is 0.384 e. The van der Waals surface area contributed by atoms with Gasteiger partial charge in [0.15, 0.2) is 0 Å². The molecule has 0 bridgehead atoms. The molecule has 1 aliphatic rings. The Labute approximate surface area is 103 Å². The third-order valence-corrected chi connectivity index (χ3v) is 3.32. The average molecular weight is 235 g/mol. The molecule has 0 amide bonds. The first kappa shape index (κ1) is 12.6. The van der Waals surface area contributed by atoms with Crippen LogP contribution in [0.4, 0.5) is 0 Å². The first-order valence-electron chi connectivity index (χ1n) is 6.26. The van der Waals surface area contributed by atoms with Crippen LogP contribution in [-0.4, -0.2) is 26.4 Å². The minimum Gasteiger partial charge on any atom is -0.384 e. The molecular weight excluding hydrogens is 214 g/mol. The van der Waals surface area contributed by atoms with Gasteiger partial charge in [0, 0.05) is 13.7 Å². The van der Waals surface area contributed by atoms with Gasteiger partial charge in [0.1, 0.15) is 0 Å². The third-order valence-electron chi connectivity index (χ3n) is 3.32. The zero-order valence-electron chi connectivity index (χ0n) is 10.4. The van der Waals surface area contributed by atoms with Crippen molar-refractivity contribution in [2.75, 3.05) is 20.3 Å². The van der Waals surface area contributed by atoms with Crippen LogP contribution in [0.25, 0.3) is 0 Å². The second kappa shape index (κ2) is 6.15. The van der Waals surface area contributed by atoms with E-state index in [2.05, 4.69) is 24.3 Å². The van der Waals surface area contributed by atoms with Crippen molar-refractivity contribution in [3.8, 4) is 0 Å². The van der Waals surface area contributed by atoms with E-state index in [0.717, 1.165) is 38.0 Å². The number of hydrogen-bond acceptors (Lipinski definition) is 3. The monoisotopic (exact) mass is 235 g/mol. The number of rotatable bonds is 5. The van der Waals surface area contributed by atoms with Crippen molar-refractivity contribution in [3.63, 3.8) is 0 Å². The van der Waals surface area contributed by atoms with E-state index in [4.69, 9.17) is 15.2 Å². The Hall–Kier alpha value is -0.900. The summed E-state index contributed by atoms with van der Waals surface area (Å²) in [5.74, 6) is 0. The molecule has 1 aliphatic heterocycles. The van der Waals surface area contributed by atoms with Gasteiger partial charge in [0.25, 0.3) is 0 Å². The van der Waals surface area contributed by atoms with Crippen LogP contribution in [0.1, 0.15) is 30.0 Å². The van der Waals surface area contributed by atoms with Gasteiger partial charge in [-0.1, -0.05) is 24.3 Å². The molecule has 94 valence electrons. The number of benzene rings is 1. The molecule has 3 heteroatoms. The van der Waals surface area contributed by atoms with Gasteiger partial charge in [-0.05, 0) is 30.4 Å². The normalized spacial score (nSPS) is 21.6. The Kier molecular flexibility index (Phi) is 4.54. The highest BCUT2D eigenvalue weighted by Crippen LogP contribution is 2.25. The molecule has 1 aromatic carbocycles. The summed E-state index contributed by atoms with van der Waals surface area (Å²) in [6, 6.07) is 8.48. The van der Waals surface area contributed by atoms with Crippen molar-refractivity contribution in [3.05, 3.63) is 35.4 Å². The fourth-order valence-electron chi connectivity index (χ4n) is 2.23. The molecule has 1 fully saturated rings. The molecule has 2 N–H and O–H groups in total. The Morgan fingerprint density at radius 3 is 2.76 bits per heavy atom. The first-order chi connectivity index (χ1) is 8.31. The third kappa shape index (κ3) is 3.28. The summed E-state index contributed by atoms with van der Waals surface area (Å²) in [5, 5.41) is 0. The van der Waals surface area contributed by atoms with Crippen molar-refractivity contribution in [2.45, 2.75) is 31.4 Å². The maximum atomic E-state index is 6.20. The Morgan fingerprint density at radius 2 is 2.18 bits per heavy atom. The van der Waals surface area contributed by atoms with Crippen LogP contribution in [0.5, 0.6) is 0 Å². The fourth-order valence-corrected chi connectivity index (χ4v) is 2.23. The topological polar surface area (TPSA) is 44.5 Å². The van der Waals surface area contributed by atoms with Crippen molar-refractivity contribution in [1.82, 2.24) is 0 Å². The van der Waals surface area contributed by atoms with E-state index >= 15 is 0 Å². The van der Waals surface area contributed by atoms with Crippen LogP contribution >= 0.6 is 0 Å². The average Bonchev–Trinajstić information content (AvgIpc) is 2.90. The van der Waals surface area contributed by atoms with Gasteiger partial charge >= 0.3 is 0 Å². The molecule has 1 saturated heterocycles. The number of methoxy groups -OCH3 is 1. The number of hydrogen-bond donors (Lipinski definition) is 1. The Morgan fingerprint density at radius 1 is 1.41 bits per heavy atom. The highest BCUT2D eigenvalue weighted by Gasteiger charge is 2.23. The van der Waals surface area contributed by atoms with Gasteiger partial charge in [0.2, 0.25) is 0 Å². The van der Waals surface area contributed by atoms with E-state index < -0.39 is 0 Å². The summed E-state index contributed by atoms with van der Waals surface area (Å²) in [4.78, 5) is 0.